The molecule has 0 bridgehead atoms. The minimum absolute atomic E-state index is 0.288. The maximum atomic E-state index is 5.48. The number of H-pyrrole nitrogens is 1. The van der Waals surface area contributed by atoms with Gasteiger partial charge in [-0.05, 0) is 19.9 Å². The Morgan fingerprint density at radius 3 is 3.13 bits per heavy atom. The van der Waals surface area contributed by atoms with E-state index in [1.165, 1.54) is 6.33 Å². The van der Waals surface area contributed by atoms with Gasteiger partial charge in [-0.25, -0.2) is 15.0 Å². The van der Waals surface area contributed by atoms with E-state index in [9.17, 15) is 0 Å². The Hall–Kier alpha value is -1.69. The summed E-state index contributed by atoms with van der Waals surface area (Å²) in [5.41, 5.74) is 6.99. The summed E-state index contributed by atoms with van der Waals surface area (Å²) >= 11 is 0. The molecule has 80 valence electrons. The summed E-state index contributed by atoms with van der Waals surface area (Å²) in [6.45, 7) is 2.72. The van der Waals surface area contributed by atoms with Crippen LogP contribution in [0.3, 0.4) is 0 Å². The predicted molar refractivity (Wildman–Crippen MR) is 58.4 cm³/mol. The fourth-order valence-corrected chi connectivity index (χ4v) is 1.43. The first-order chi connectivity index (χ1) is 7.31. The van der Waals surface area contributed by atoms with Crippen LogP contribution in [0.25, 0.3) is 11.2 Å². The summed E-state index contributed by atoms with van der Waals surface area (Å²) < 4.78 is 0. The highest BCUT2D eigenvalue weighted by Gasteiger charge is 2.07. The number of nitrogens with two attached hydrogens (primary N) is 1. The Balaban J connectivity index is 2.23. The zero-order valence-electron chi connectivity index (χ0n) is 8.57. The van der Waals surface area contributed by atoms with E-state index in [0.717, 1.165) is 17.8 Å². The van der Waals surface area contributed by atoms with Crippen molar-refractivity contribution in [2.45, 2.75) is 19.4 Å². The van der Waals surface area contributed by atoms with Crippen molar-refractivity contribution in [3.05, 3.63) is 12.7 Å². The number of aromatic amines is 1. The molecule has 0 aliphatic heterocycles. The van der Waals surface area contributed by atoms with Gasteiger partial charge in [-0.1, -0.05) is 0 Å². The van der Waals surface area contributed by atoms with Crippen molar-refractivity contribution in [3.8, 4) is 0 Å². The van der Waals surface area contributed by atoms with Gasteiger partial charge < -0.3 is 16.0 Å². The molecule has 0 saturated carbocycles. The van der Waals surface area contributed by atoms with E-state index in [1.54, 1.807) is 6.33 Å². The highest BCUT2D eigenvalue weighted by molar-refractivity contribution is 5.81. The molecule has 2 aromatic rings. The minimum Gasteiger partial charge on any atom is -0.366 e. The molecule has 0 aliphatic rings. The lowest BCUT2D eigenvalue weighted by atomic mass is 10.2. The van der Waals surface area contributed by atoms with Crippen molar-refractivity contribution >= 4 is 17.0 Å². The van der Waals surface area contributed by atoms with E-state index in [2.05, 4.69) is 32.2 Å². The topological polar surface area (TPSA) is 92.5 Å². The molecule has 0 spiro atoms. The van der Waals surface area contributed by atoms with Crippen LogP contribution < -0.4 is 11.1 Å². The smallest absolute Gasteiger partial charge is 0.182 e. The van der Waals surface area contributed by atoms with Crippen molar-refractivity contribution in [3.63, 3.8) is 0 Å². The molecule has 0 aliphatic carbocycles. The Labute approximate surface area is 87.3 Å². The third-order valence-electron chi connectivity index (χ3n) is 2.21. The van der Waals surface area contributed by atoms with Gasteiger partial charge in [0, 0.05) is 6.04 Å². The second-order valence-corrected chi connectivity index (χ2v) is 3.45. The number of hydrogen-bond donors (Lipinski definition) is 3. The van der Waals surface area contributed by atoms with E-state index in [-0.39, 0.29) is 6.04 Å². The molecule has 2 rings (SSSR count). The first-order valence-electron chi connectivity index (χ1n) is 4.92. The van der Waals surface area contributed by atoms with E-state index in [1.807, 2.05) is 0 Å². The largest absolute Gasteiger partial charge is 0.366 e. The number of nitrogens with one attached hydrogen (secondary N) is 2. The quantitative estimate of drug-likeness (QED) is 0.677. The number of fused-ring (bicyclic) bond motifs is 1. The van der Waals surface area contributed by atoms with Crippen LogP contribution in [-0.2, 0) is 0 Å². The number of imidazole rings is 1. The van der Waals surface area contributed by atoms with Crippen LogP contribution in [0.15, 0.2) is 12.7 Å². The van der Waals surface area contributed by atoms with Crippen molar-refractivity contribution in [1.82, 2.24) is 19.9 Å². The fourth-order valence-electron chi connectivity index (χ4n) is 1.43. The van der Waals surface area contributed by atoms with Crippen LogP contribution in [0.4, 0.5) is 5.82 Å². The summed E-state index contributed by atoms with van der Waals surface area (Å²) in [7, 11) is 0. The molecule has 6 nitrogen and oxygen atoms in total. The van der Waals surface area contributed by atoms with E-state index in [4.69, 9.17) is 5.73 Å². The second kappa shape index (κ2) is 4.22. The van der Waals surface area contributed by atoms with Gasteiger partial charge in [0.1, 0.15) is 11.8 Å². The Bertz CT molecular complexity index is 437. The van der Waals surface area contributed by atoms with Gasteiger partial charge in [-0.2, -0.15) is 0 Å². The van der Waals surface area contributed by atoms with Gasteiger partial charge in [0.25, 0.3) is 0 Å². The van der Waals surface area contributed by atoms with E-state index >= 15 is 0 Å². The number of aromatic nitrogens is 4. The lowest BCUT2D eigenvalue weighted by Crippen LogP contribution is -2.20. The molecule has 0 amide bonds. The van der Waals surface area contributed by atoms with E-state index in [0.29, 0.717) is 12.2 Å². The van der Waals surface area contributed by atoms with Crippen molar-refractivity contribution < 1.29 is 0 Å². The number of nitrogens with zero attached hydrogens (tertiary/aromatic N) is 3. The molecule has 0 radical (unpaired) electrons. The fraction of sp³-hybridized carbons (Fsp3) is 0.444. The molecular formula is C9H14N6. The molecule has 4 N–H and O–H groups in total. The van der Waals surface area contributed by atoms with Crippen molar-refractivity contribution in [2.75, 3.05) is 11.9 Å². The molecule has 0 aromatic carbocycles. The van der Waals surface area contributed by atoms with E-state index < -0.39 is 0 Å². The molecule has 15 heavy (non-hydrogen) atoms. The highest BCUT2D eigenvalue weighted by Crippen LogP contribution is 2.15. The van der Waals surface area contributed by atoms with Crippen molar-refractivity contribution in [1.29, 1.82) is 0 Å². The SMILES string of the molecule is CC(CCN)Nc1ncnc2nc[nH]c12. The lowest BCUT2D eigenvalue weighted by Gasteiger charge is -2.12. The van der Waals surface area contributed by atoms with Gasteiger partial charge in [0.2, 0.25) is 0 Å². The molecule has 0 saturated heterocycles. The summed E-state index contributed by atoms with van der Waals surface area (Å²) in [6.07, 6.45) is 4.01. The zero-order valence-corrected chi connectivity index (χ0v) is 8.57. The standard InChI is InChI=1S/C9H14N6/c1-6(2-3-10)15-9-7-8(12-4-11-7)13-5-14-9/h4-6H,2-3,10H2,1H3,(H2,11,12,13,14,15). The van der Waals surface area contributed by atoms with Gasteiger partial charge >= 0.3 is 0 Å². The Morgan fingerprint density at radius 2 is 2.33 bits per heavy atom. The third kappa shape index (κ3) is 2.04. The van der Waals surface area contributed by atoms with Gasteiger partial charge in [-0.3, -0.25) is 0 Å². The van der Waals surface area contributed by atoms with Crippen molar-refractivity contribution in [2.24, 2.45) is 5.73 Å². The summed E-state index contributed by atoms with van der Waals surface area (Å²) in [6, 6.07) is 0.288. The monoisotopic (exact) mass is 206 g/mol. The lowest BCUT2D eigenvalue weighted by molar-refractivity contribution is 0.714. The molecule has 1 atom stereocenters. The first kappa shape index (κ1) is 9.85. The average Bonchev–Trinajstić information content (AvgIpc) is 2.67. The minimum atomic E-state index is 0.288. The number of rotatable bonds is 4. The second-order valence-electron chi connectivity index (χ2n) is 3.45. The molecule has 2 heterocycles. The predicted octanol–water partition coefficient (Wildman–Crippen LogP) is 0.502. The first-order valence-corrected chi connectivity index (χ1v) is 4.92. The Kier molecular flexibility index (Phi) is 2.77. The maximum Gasteiger partial charge on any atom is 0.182 e. The van der Waals surface area contributed by atoms with Crippen LogP contribution in [0.5, 0.6) is 0 Å². The summed E-state index contributed by atoms with van der Waals surface area (Å²) in [5, 5.41) is 3.27. The zero-order chi connectivity index (χ0) is 10.7. The molecule has 6 heteroatoms. The maximum absolute atomic E-state index is 5.48. The molecule has 2 aromatic heterocycles. The van der Waals surface area contributed by atoms with Crippen LogP contribution in [0.2, 0.25) is 0 Å². The van der Waals surface area contributed by atoms with Crippen LogP contribution >= 0.6 is 0 Å². The molecular weight excluding hydrogens is 192 g/mol. The average molecular weight is 206 g/mol. The van der Waals surface area contributed by atoms with Crippen LogP contribution in [0, 0.1) is 0 Å². The Morgan fingerprint density at radius 1 is 1.47 bits per heavy atom. The van der Waals surface area contributed by atoms with Crippen LogP contribution in [-0.4, -0.2) is 32.5 Å². The third-order valence-corrected chi connectivity index (χ3v) is 2.21. The van der Waals surface area contributed by atoms with Gasteiger partial charge in [0.05, 0.1) is 6.33 Å². The number of anilines is 1. The summed E-state index contributed by atoms with van der Waals surface area (Å²) in [5.74, 6) is 0.776. The highest BCUT2D eigenvalue weighted by atomic mass is 15.1. The van der Waals surface area contributed by atoms with Crippen LogP contribution in [0.1, 0.15) is 13.3 Å². The molecule has 1 unspecified atom stereocenters. The summed E-state index contributed by atoms with van der Waals surface area (Å²) in [4.78, 5) is 15.3. The number of hydrogen-bond acceptors (Lipinski definition) is 5. The molecule has 0 fully saturated rings. The van der Waals surface area contributed by atoms with Gasteiger partial charge in [0.15, 0.2) is 11.5 Å². The van der Waals surface area contributed by atoms with Gasteiger partial charge in [-0.15, -0.1) is 0 Å². The normalized spacial score (nSPS) is 12.9.